The maximum atomic E-state index is 10.9. The van der Waals surface area contributed by atoms with E-state index in [2.05, 4.69) is 0 Å². The summed E-state index contributed by atoms with van der Waals surface area (Å²) < 4.78 is 5.07. The molecule has 0 aromatic carbocycles. The molecule has 0 bridgehead atoms. The van der Waals surface area contributed by atoms with Gasteiger partial charge >= 0.3 is 5.97 Å². The van der Waals surface area contributed by atoms with E-state index < -0.39 is 11.9 Å². The Labute approximate surface area is 89.2 Å². The lowest BCUT2D eigenvalue weighted by atomic mass is 10.1. The average Bonchev–Trinajstić information content (AvgIpc) is 2.67. The molecule has 4 heteroatoms. The normalized spacial score (nSPS) is 28.0. The number of aliphatic carboxylic acids is 1. The Balaban J connectivity index is 2.76. The molecule has 0 saturated heterocycles. The van der Waals surface area contributed by atoms with Crippen molar-refractivity contribution < 1.29 is 14.6 Å². The molecule has 0 spiro atoms. The number of hydrogen-bond acceptors (Lipinski definition) is 3. The molecule has 0 aromatic rings. The first-order chi connectivity index (χ1) is 6.95. The molecule has 0 heterocycles. The summed E-state index contributed by atoms with van der Waals surface area (Å²) in [5.74, 6) is -1.09. The van der Waals surface area contributed by atoms with Crippen LogP contribution in [0.1, 0.15) is 20.8 Å². The number of allylic oxidation sites excluding steroid dienone is 2. The van der Waals surface area contributed by atoms with Crippen molar-refractivity contribution in [1.82, 2.24) is 0 Å². The van der Waals surface area contributed by atoms with Gasteiger partial charge in [-0.2, -0.15) is 5.26 Å². The van der Waals surface area contributed by atoms with Gasteiger partial charge in [0.2, 0.25) is 0 Å². The van der Waals surface area contributed by atoms with E-state index in [0.29, 0.717) is 6.61 Å². The van der Waals surface area contributed by atoms with Crippen molar-refractivity contribution in [3.05, 3.63) is 11.8 Å². The van der Waals surface area contributed by atoms with Gasteiger partial charge < -0.3 is 9.84 Å². The van der Waals surface area contributed by atoms with Crippen molar-refractivity contribution in [3.63, 3.8) is 0 Å². The van der Waals surface area contributed by atoms with Gasteiger partial charge in [-0.05, 0) is 18.4 Å². The number of ether oxygens (including phenoxy) is 1. The van der Waals surface area contributed by atoms with E-state index in [1.807, 2.05) is 19.9 Å². The third-order valence-corrected chi connectivity index (χ3v) is 2.92. The summed E-state index contributed by atoms with van der Waals surface area (Å²) in [6.45, 7) is 5.98. The third-order valence-electron chi connectivity index (χ3n) is 2.92. The molecule has 82 valence electrons. The van der Waals surface area contributed by atoms with Gasteiger partial charge in [-0.1, -0.05) is 13.8 Å². The SMILES string of the molecule is CCOC(C#N)=CC1C(C(=O)O)C1(C)C. The summed E-state index contributed by atoms with van der Waals surface area (Å²) >= 11 is 0. The number of hydrogen-bond donors (Lipinski definition) is 1. The Morgan fingerprint density at radius 1 is 1.67 bits per heavy atom. The van der Waals surface area contributed by atoms with Gasteiger partial charge in [0.15, 0.2) is 5.76 Å². The Bertz CT molecular complexity index is 338. The predicted octanol–water partition coefficient (Wildman–Crippen LogP) is 1.79. The number of nitrogens with zero attached hydrogens (tertiary/aromatic N) is 1. The van der Waals surface area contributed by atoms with Crippen LogP contribution in [0.15, 0.2) is 11.8 Å². The van der Waals surface area contributed by atoms with Crippen LogP contribution in [0.25, 0.3) is 0 Å². The van der Waals surface area contributed by atoms with Gasteiger partial charge in [0, 0.05) is 5.92 Å². The zero-order valence-electron chi connectivity index (χ0n) is 9.15. The standard InChI is InChI=1S/C11H15NO3/c1-4-15-7(6-12)5-8-9(10(13)14)11(8,2)3/h5,8-9H,4H2,1-3H3,(H,13,14). The van der Waals surface area contributed by atoms with Crippen molar-refractivity contribution in [2.24, 2.45) is 17.3 Å². The molecule has 0 radical (unpaired) electrons. The minimum absolute atomic E-state index is 0.101. The van der Waals surface area contributed by atoms with Crippen molar-refractivity contribution in [1.29, 1.82) is 5.26 Å². The van der Waals surface area contributed by atoms with E-state index in [4.69, 9.17) is 15.1 Å². The van der Waals surface area contributed by atoms with E-state index >= 15 is 0 Å². The van der Waals surface area contributed by atoms with E-state index in [1.165, 1.54) is 0 Å². The van der Waals surface area contributed by atoms with E-state index in [-0.39, 0.29) is 17.1 Å². The Morgan fingerprint density at radius 2 is 2.27 bits per heavy atom. The van der Waals surface area contributed by atoms with Crippen LogP contribution in [0.3, 0.4) is 0 Å². The largest absolute Gasteiger partial charge is 0.484 e. The lowest BCUT2D eigenvalue weighted by Crippen LogP contribution is -2.03. The number of carboxylic acid groups (broad SMARTS) is 1. The van der Waals surface area contributed by atoms with Crippen LogP contribution >= 0.6 is 0 Å². The highest BCUT2D eigenvalue weighted by molar-refractivity contribution is 5.76. The maximum Gasteiger partial charge on any atom is 0.307 e. The molecule has 0 aromatic heterocycles. The summed E-state index contributed by atoms with van der Waals surface area (Å²) in [7, 11) is 0. The zero-order chi connectivity index (χ0) is 11.6. The number of nitriles is 1. The van der Waals surface area contributed by atoms with Crippen LogP contribution in [0.4, 0.5) is 0 Å². The van der Waals surface area contributed by atoms with Crippen LogP contribution in [-0.4, -0.2) is 17.7 Å². The van der Waals surface area contributed by atoms with Crippen LogP contribution in [-0.2, 0) is 9.53 Å². The highest BCUT2D eigenvalue weighted by Gasteiger charge is 2.61. The molecule has 1 aliphatic rings. The fourth-order valence-electron chi connectivity index (χ4n) is 1.90. The topological polar surface area (TPSA) is 70.3 Å². The summed E-state index contributed by atoms with van der Waals surface area (Å²) in [6.07, 6.45) is 1.63. The smallest absolute Gasteiger partial charge is 0.307 e. The van der Waals surface area contributed by atoms with Crippen molar-refractivity contribution in [2.75, 3.05) is 6.61 Å². The highest BCUT2D eigenvalue weighted by atomic mass is 16.5. The number of carbonyl (C=O) groups is 1. The van der Waals surface area contributed by atoms with Crippen molar-refractivity contribution >= 4 is 5.97 Å². The number of rotatable bonds is 4. The second kappa shape index (κ2) is 3.93. The van der Waals surface area contributed by atoms with E-state index in [9.17, 15) is 4.79 Å². The lowest BCUT2D eigenvalue weighted by Gasteiger charge is -2.00. The van der Waals surface area contributed by atoms with Gasteiger partial charge in [-0.25, -0.2) is 0 Å². The van der Waals surface area contributed by atoms with Gasteiger partial charge in [0.1, 0.15) is 6.07 Å². The Hall–Kier alpha value is -1.50. The molecule has 1 saturated carbocycles. The molecule has 1 fully saturated rings. The molecule has 2 unspecified atom stereocenters. The molecule has 15 heavy (non-hydrogen) atoms. The first-order valence-electron chi connectivity index (χ1n) is 4.92. The average molecular weight is 209 g/mol. The lowest BCUT2D eigenvalue weighted by molar-refractivity contribution is -0.139. The monoisotopic (exact) mass is 209 g/mol. The molecule has 1 aliphatic carbocycles. The van der Waals surface area contributed by atoms with Gasteiger partial charge in [0.25, 0.3) is 0 Å². The van der Waals surface area contributed by atoms with Crippen molar-refractivity contribution in [2.45, 2.75) is 20.8 Å². The first-order valence-corrected chi connectivity index (χ1v) is 4.92. The minimum Gasteiger partial charge on any atom is -0.484 e. The molecule has 4 nitrogen and oxygen atoms in total. The fraction of sp³-hybridized carbons (Fsp3) is 0.636. The summed E-state index contributed by atoms with van der Waals surface area (Å²) in [5.41, 5.74) is -0.273. The molecular weight excluding hydrogens is 194 g/mol. The van der Waals surface area contributed by atoms with Gasteiger partial charge in [0.05, 0.1) is 12.5 Å². The molecule has 1 N–H and O–H groups in total. The summed E-state index contributed by atoms with van der Waals surface area (Å²) in [5, 5.41) is 17.7. The summed E-state index contributed by atoms with van der Waals surface area (Å²) in [6, 6.07) is 1.92. The van der Waals surface area contributed by atoms with E-state index in [0.717, 1.165) is 0 Å². The molecule has 1 rings (SSSR count). The third kappa shape index (κ3) is 2.12. The predicted molar refractivity (Wildman–Crippen MR) is 53.7 cm³/mol. The fourth-order valence-corrected chi connectivity index (χ4v) is 1.90. The van der Waals surface area contributed by atoms with Crippen LogP contribution in [0, 0.1) is 28.6 Å². The van der Waals surface area contributed by atoms with Gasteiger partial charge in [-0.15, -0.1) is 0 Å². The molecular formula is C11H15NO3. The zero-order valence-corrected chi connectivity index (χ0v) is 9.15. The molecule has 0 amide bonds. The van der Waals surface area contributed by atoms with Gasteiger partial charge in [-0.3, -0.25) is 4.79 Å². The van der Waals surface area contributed by atoms with Crippen LogP contribution in [0.5, 0.6) is 0 Å². The maximum absolute atomic E-state index is 10.9. The summed E-state index contributed by atoms with van der Waals surface area (Å²) in [4.78, 5) is 10.9. The Morgan fingerprint density at radius 3 is 2.60 bits per heavy atom. The number of carboxylic acids is 1. The van der Waals surface area contributed by atoms with Crippen LogP contribution < -0.4 is 0 Å². The molecule has 2 atom stereocenters. The molecule has 0 aliphatic heterocycles. The first kappa shape index (κ1) is 11.6. The quantitative estimate of drug-likeness (QED) is 0.566. The minimum atomic E-state index is -0.810. The highest BCUT2D eigenvalue weighted by Crippen LogP contribution is 2.59. The van der Waals surface area contributed by atoms with Crippen molar-refractivity contribution in [3.8, 4) is 6.07 Å². The second-order valence-corrected chi connectivity index (χ2v) is 4.24. The van der Waals surface area contributed by atoms with E-state index in [1.54, 1.807) is 13.0 Å². The van der Waals surface area contributed by atoms with Crippen LogP contribution in [0.2, 0.25) is 0 Å². The Kier molecular flexibility index (Phi) is 3.04. The second-order valence-electron chi connectivity index (χ2n) is 4.24.